The van der Waals surface area contributed by atoms with E-state index < -0.39 is 87.2 Å². The van der Waals surface area contributed by atoms with Gasteiger partial charge in [0.05, 0.1) is 18.8 Å². The van der Waals surface area contributed by atoms with E-state index in [1.807, 2.05) is 0 Å². The number of aromatic hydroxyl groups is 1. The summed E-state index contributed by atoms with van der Waals surface area (Å²) < 4.78 is 33.6. The number of anilines is 1. The lowest BCUT2D eigenvalue weighted by atomic mass is 10.1. The standard InChI is InChI=1S/C25H25N11O12S2/c1-10-4-11(31-47-10)7-34-18(12-5-15(37)16(38)6-27-12)30-36(24(34)44)50(45,46)33-23(43)35-8-13(20(35)40)28-19(39)17(14-9-49-22(26)29-14)32-48-25(2,3)21(41)42/h4-6,9,13,38H,7-8H2,1-3H3,(H2,26,29)(H,27,37)(H,28,39)(H,33,43)(H,41,42)/t13-/m0/s1. The van der Waals surface area contributed by atoms with Crippen LogP contribution in [0.4, 0.5) is 9.93 Å². The Bertz CT molecular complexity index is 2300. The number of urea groups is 1. The van der Waals surface area contributed by atoms with Crippen LogP contribution in [0.15, 0.2) is 43.0 Å². The molecule has 264 valence electrons. The predicted molar refractivity (Wildman–Crippen MR) is 167 cm³/mol. The van der Waals surface area contributed by atoms with E-state index in [1.165, 1.54) is 11.4 Å². The fraction of sp³-hybridized carbons (Fsp3) is 0.280. The van der Waals surface area contributed by atoms with Crippen LogP contribution in [-0.2, 0) is 36.0 Å². The second kappa shape index (κ2) is 12.9. The highest BCUT2D eigenvalue weighted by Crippen LogP contribution is 2.18. The smallest absolute Gasteiger partial charge is 0.362 e. The average molecular weight is 736 g/mol. The number of likely N-dealkylation sites (tertiary alicyclic amines) is 1. The van der Waals surface area contributed by atoms with Crippen LogP contribution >= 0.6 is 11.3 Å². The highest BCUT2D eigenvalue weighted by molar-refractivity contribution is 7.88. The zero-order valence-electron chi connectivity index (χ0n) is 25.8. The summed E-state index contributed by atoms with van der Waals surface area (Å²) in [6, 6.07) is -0.598. The quantitative estimate of drug-likeness (QED) is 0.0546. The van der Waals surface area contributed by atoms with Crippen LogP contribution in [-0.4, -0.2) is 100 Å². The Kier molecular flexibility index (Phi) is 9.03. The normalized spacial score (nSPS) is 15.0. The lowest BCUT2D eigenvalue weighted by Gasteiger charge is -2.36. The molecule has 1 aliphatic heterocycles. The number of pyridine rings is 1. The Hall–Kier alpha value is -6.37. The van der Waals surface area contributed by atoms with Crippen molar-refractivity contribution in [2.24, 2.45) is 5.16 Å². The third kappa shape index (κ3) is 6.92. The fourth-order valence-corrected chi connectivity index (χ4v) is 5.53. The zero-order valence-corrected chi connectivity index (χ0v) is 27.4. The molecular formula is C25H25N11O12S2. The lowest BCUT2D eigenvalue weighted by molar-refractivity contribution is -0.161. The number of carbonyl (C=O) groups excluding carboxylic acids is 3. The third-order valence-electron chi connectivity index (χ3n) is 6.75. The van der Waals surface area contributed by atoms with E-state index in [1.54, 1.807) is 11.6 Å². The molecule has 1 atom stereocenters. The maximum absolute atomic E-state index is 13.3. The summed E-state index contributed by atoms with van der Waals surface area (Å²) in [5, 5.41) is 33.6. The third-order valence-corrected chi connectivity index (χ3v) is 8.55. The molecule has 1 aliphatic rings. The van der Waals surface area contributed by atoms with Crippen molar-refractivity contribution >= 4 is 56.2 Å². The number of imide groups is 1. The zero-order chi connectivity index (χ0) is 36.7. The number of thiazole rings is 1. The number of β-lactam (4-membered cyclic amide) rings is 1. The first-order chi connectivity index (χ1) is 23.4. The van der Waals surface area contributed by atoms with Crippen molar-refractivity contribution in [1.82, 2.24) is 43.8 Å². The molecule has 5 heterocycles. The maximum atomic E-state index is 13.3. The summed E-state index contributed by atoms with van der Waals surface area (Å²) in [6.07, 6.45) is 0.887. The van der Waals surface area contributed by atoms with E-state index in [9.17, 15) is 47.4 Å². The molecule has 0 aromatic carbocycles. The monoisotopic (exact) mass is 735 g/mol. The van der Waals surface area contributed by atoms with Crippen molar-refractivity contribution in [1.29, 1.82) is 0 Å². The van der Waals surface area contributed by atoms with E-state index in [4.69, 9.17) is 15.1 Å². The molecule has 4 amide bonds. The number of rotatable bonds is 11. The number of nitrogens with two attached hydrogens (primary N) is 1. The number of carboxylic acid groups (broad SMARTS) is 1. The van der Waals surface area contributed by atoms with Crippen molar-refractivity contribution in [3.63, 3.8) is 0 Å². The van der Waals surface area contributed by atoms with Gasteiger partial charge in [0.1, 0.15) is 23.2 Å². The largest absolute Gasteiger partial charge is 0.503 e. The molecule has 23 nitrogen and oxygen atoms in total. The molecule has 0 spiro atoms. The number of aryl methyl sites for hydroxylation is 1. The van der Waals surface area contributed by atoms with Crippen molar-refractivity contribution in [3.05, 3.63) is 61.6 Å². The summed E-state index contributed by atoms with van der Waals surface area (Å²) in [5.74, 6) is -4.27. The molecule has 1 fully saturated rings. The first-order valence-corrected chi connectivity index (χ1v) is 16.1. The number of carboxylic acids is 1. The van der Waals surface area contributed by atoms with Gasteiger partial charge in [-0.3, -0.25) is 23.9 Å². The minimum atomic E-state index is -5.16. The second-order valence-electron chi connectivity index (χ2n) is 10.9. The van der Waals surface area contributed by atoms with Crippen LogP contribution in [0.1, 0.15) is 31.0 Å². The number of amides is 4. The van der Waals surface area contributed by atoms with E-state index in [0.29, 0.717) is 10.7 Å². The Balaban J connectivity index is 1.33. The molecule has 4 aromatic rings. The van der Waals surface area contributed by atoms with Gasteiger partial charge in [0.15, 0.2) is 22.4 Å². The van der Waals surface area contributed by atoms with Gasteiger partial charge in [-0.25, -0.2) is 24.1 Å². The number of oxime groups is 1. The summed E-state index contributed by atoms with van der Waals surface area (Å²) in [6.45, 7) is 2.94. The Morgan fingerprint density at radius 3 is 2.56 bits per heavy atom. The Morgan fingerprint density at radius 1 is 1.26 bits per heavy atom. The lowest BCUT2D eigenvalue weighted by Crippen LogP contribution is -2.68. The van der Waals surface area contributed by atoms with Crippen molar-refractivity contribution in [2.45, 2.75) is 39.0 Å². The van der Waals surface area contributed by atoms with Crippen LogP contribution in [0.5, 0.6) is 5.75 Å². The number of H-pyrrole nitrogens is 1. The van der Waals surface area contributed by atoms with Gasteiger partial charge < -0.3 is 35.6 Å². The number of carbonyl (C=O) groups is 4. The summed E-state index contributed by atoms with van der Waals surface area (Å²) >= 11 is 0.926. The van der Waals surface area contributed by atoms with Gasteiger partial charge in [-0.1, -0.05) is 14.4 Å². The van der Waals surface area contributed by atoms with E-state index in [0.717, 1.165) is 42.0 Å². The average Bonchev–Trinajstić information content (AvgIpc) is 3.74. The second-order valence-corrected chi connectivity index (χ2v) is 13.3. The molecule has 7 N–H and O–H groups in total. The Morgan fingerprint density at radius 2 is 1.98 bits per heavy atom. The Labute approximate surface area is 282 Å². The van der Waals surface area contributed by atoms with Gasteiger partial charge in [-0.05, 0) is 20.8 Å². The van der Waals surface area contributed by atoms with Gasteiger partial charge in [0.25, 0.3) is 11.8 Å². The van der Waals surface area contributed by atoms with Crippen LogP contribution < -0.4 is 26.9 Å². The number of aromatic amines is 1. The molecule has 4 aromatic heterocycles. The van der Waals surface area contributed by atoms with Crippen molar-refractivity contribution in [2.75, 3.05) is 12.3 Å². The number of hydrogen-bond acceptors (Lipinski definition) is 17. The minimum Gasteiger partial charge on any atom is -0.503 e. The maximum Gasteiger partial charge on any atom is 0.362 e. The molecule has 0 radical (unpaired) electrons. The predicted octanol–water partition coefficient (Wildman–Crippen LogP) is -2.10. The van der Waals surface area contributed by atoms with Crippen LogP contribution in [0, 0.1) is 6.92 Å². The number of aromatic nitrogens is 6. The molecular weight excluding hydrogens is 710 g/mol. The molecule has 25 heteroatoms. The van der Waals surface area contributed by atoms with Gasteiger partial charge >= 0.3 is 27.9 Å². The number of hydrogen-bond donors (Lipinski definition) is 6. The molecule has 1 saturated heterocycles. The van der Waals surface area contributed by atoms with Crippen molar-refractivity contribution < 1.29 is 47.2 Å². The van der Waals surface area contributed by atoms with Gasteiger partial charge in [-0.15, -0.1) is 16.4 Å². The molecule has 0 aliphatic carbocycles. The molecule has 0 bridgehead atoms. The number of nitrogens with one attached hydrogen (secondary N) is 3. The van der Waals surface area contributed by atoms with E-state index in [-0.39, 0.29) is 26.3 Å². The summed E-state index contributed by atoms with van der Waals surface area (Å²) in [5.41, 5.74) is 0.857. The number of aliphatic carboxylic acids is 1. The first-order valence-electron chi connectivity index (χ1n) is 13.8. The van der Waals surface area contributed by atoms with Gasteiger partial charge in [0.2, 0.25) is 11.0 Å². The number of nitrogens with zero attached hydrogens (tertiary/aromatic N) is 7. The molecule has 0 unspecified atom stereocenters. The van der Waals surface area contributed by atoms with Gasteiger partial charge in [0, 0.05) is 23.7 Å². The first kappa shape index (κ1) is 35.0. The molecule has 0 saturated carbocycles. The van der Waals surface area contributed by atoms with E-state index >= 15 is 0 Å². The summed E-state index contributed by atoms with van der Waals surface area (Å²) in [4.78, 5) is 87.3. The highest BCUT2D eigenvalue weighted by Gasteiger charge is 2.44. The minimum absolute atomic E-state index is 0.0300. The molecule has 5 rings (SSSR count). The highest BCUT2D eigenvalue weighted by atomic mass is 32.2. The fourth-order valence-electron chi connectivity index (χ4n) is 4.07. The SMILES string of the molecule is Cc1cc(Cn2c(-c3cc(=O)c(O)c[nH]3)nn(S(=O)(=O)NC(=O)N3C[C@H](NC(=O)C(=NOC(C)(C)C(=O)O)c4csc(N)n4)C3=O)c2=O)no1. The topological polar surface area (TPSA) is 329 Å². The number of nitrogen functional groups attached to an aromatic ring is 1. The van der Waals surface area contributed by atoms with Gasteiger partial charge in [-0.2, -0.15) is 8.42 Å². The van der Waals surface area contributed by atoms with Crippen molar-refractivity contribution in [3.8, 4) is 17.3 Å². The molecule has 50 heavy (non-hydrogen) atoms. The van der Waals surface area contributed by atoms with E-state index in [2.05, 4.69) is 30.7 Å². The van der Waals surface area contributed by atoms with Crippen LogP contribution in [0.2, 0.25) is 0 Å². The van der Waals surface area contributed by atoms with Crippen LogP contribution in [0.3, 0.4) is 0 Å². The summed E-state index contributed by atoms with van der Waals surface area (Å²) in [7, 11) is -5.16. The van der Waals surface area contributed by atoms with Crippen LogP contribution in [0.25, 0.3) is 11.5 Å².